The number of aliphatic hydroxyl groups is 1. The third kappa shape index (κ3) is 3.73. The molecule has 140 valence electrons. The molecule has 5 heteroatoms. The molecule has 0 aliphatic carbocycles. The molecule has 2 aromatic rings. The standard InChI is InChI=1S/C21H26O5/c1-13(9-15-5-7-17(23-3)19(10-15)24-4)14(2)21(22)16-6-8-18-20(11-16)26-12-25-18/h5-8,10-11,13-14,21-22H,9,12H2,1-4H3. The number of fused-ring (bicyclic) bond motifs is 1. The summed E-state index contributed by atoms with van der Waals surface area (Å²) in [7, 11) is 3.26. The summed E-state index contributed by atoms with van der Waals surface area (Å²) in [5.74, 6) is 3.21. The first-order valence-corrected chi connectivity index (χ1v) is 8.82. The van der Waals surface area contributed by atoms with E-state index in [1.165, 1.54) is 0 Å². The molecule has 1 aliphatic rings. The smallest absolute Gasteiger partial charge is 0.231 e. The minimum absolute atomic E-state index is 0.0727. The second-order valence-electron chi connectivity index (χ2n) is 6.79. The van der Waals surface area contributed by atoms with Crippen molar-refractivity contribution in [1.29, 1.82) is 0 Å². The summed E-state index contributed by atoms with van der Waals surface area (Å²) in [6.07, 6.45) is 0.267. The molecule has 1 N–H and O–H groups in total. The average Bonchev–Trinajstić information content (AvgIpc) is 3.14. The highest BCUT2D eigenvalue weighted by molar-refractivity contribution is 5.45. The molecule has 0 radical (unpaired) electrons. The lowest BCUT2D eigenvalue weighted by molar-refractivity contribution is 0.0869. The fourth-order valence-electron chi connectivity index (χ4n) is 3.28. The molecular weight excluding hydrogens is 332 g/mol. The zero-order valence-corrected chi connectivity index (χ0v) is 15.7. The maximum Gasteiger partial charge on any atom is 0.231 e. The van der Waals surface area contributed by atoms with Gasteiger partial charge in [0.1, 0.15) is 0 Å². The molecule has 0 aromatic heterocycles. The average molecular weight is 358 g/mol. The van der Waals surface area contributed by atoms with Gasteiger partial charge in [-0.2, -0.15) is 0 Å². The van der Waals surface area contributed by atoms with E-state index in [0.717, 1.165) is 34.8 Å². The van der Waals surface area contributed by atoms with Crippen molar-refractivity contribution in [1.82, 2.24) is 0 Å². The van der Waals surface area contributed by atoms with Gasteiger partial charge < -0.3 is 24.1 Å². The summed E-state index contributed by atoms with van der Waals surface area (Å²) >= 11 is 0. The SMILES string of the molecule is COc1ccc(CC(C)C(C)C(O)c2ccc3c(c2)OCO3)cc1OC. The largest absolute Gasteiger partial charge is 0.493 e. The Morgan fingerprint density at radius 2 is 1.69 bits per heavy atom. The first kappa shape index (κ1) is 18.4. The second kappa shape index (κ2) is 7.87. The van der Waals surface area contributed by atoms with Crippen molar-refractivity contribution in [2.45, 2.75) is 26.4 Å². The van der Waals surface area contributed by atoms with Crippen molar-refractivity contribution >= 4 is 0 Å². The predicted octanol–water partition coefficient (Wildman–Crippen LogP) is 3.98. The molecule has 1 aliphatic heterocycles. The third-order valence-electron chi connectivity index (χ3n) is 5.14. The van der Waals surface area contributed by atoms with E-state index in [1.807, 2.05) is 36.4 Å². The summed E-state index contributed by atoms with van der Waals surface area (Å²) in [4.78, 5) is 0. The monoisotopic (exact) mass is 358 g/mol. The Labute approximate surface area is 154 Å². The summed E-state index contributed by atoms with van der Waals surface area (Å²) in [5.41, 5.74) is 2.00. The van der Waals surface area contributed by atoms with Gasteiger partial charge in [-0.15, -0.1) is 0 Å². The van der Waals surface area contributed by atoms with Gasteiger partial charge in [-0.05, 0) is 53.6 Å². The van der Waals surface area contributed by atoms with Crippen molar-refractivity contribution in [2.75, 3.05) is 21.0 Å². The van der Waals surface area contributed by atoms with Gasteiger partial charge in [0.05, 0.1) is 20.3 Å². The van der Waals surface area contributed by atoms with Gasteiger partial charge in [0.15, 0.2) is 23.0 Å². The molecule has 2 aromatic carbocycles. The molecule has 0 bridgehead atoms. The van der Waals surface area contributed by atoms with Gasteiger partial charge in [0, 0.05) is 0 Å². The molecule has 3 unspecified atom stereocenters. The first-order valence-electron chi connectivity index (χ1n) is 8.82. The molecule has 0 fully saturated rings. The van der Waals surface area contributed by atoms with Crippen LogP contribution in [0.2, 0.25) is 0 Å². The lowest BCUT2D eigenvalue weighted by Gasteiger charge is -2.26. The molecule has 0 spiro atoms. The Morgan fingerprint density at radius 1 is 0.962 bits per heavy atom. The number of hydrogen-bond acceptors (Lipinski definition) is 5. The van der Waals surface area contributed by atoms with Gasteiger partial charge in [-0.3, -0.25) is 0 Å². The molecule has 26 heavy (non-hydrogen) atoms. The van der Waals surface area contributed by atoms with E-state index in [1.54, 1.807) is 14.2 Å². The van der Waals surface area contributed by atoms with E-state index >= 15 is 0 Å². The number of methoxy groups -OCH3 is 2. The molecule has 3 atom stereocenters. The van der Waals surface area contributed by atoms with Crippen molar-refractivity contribution < 1.29 is 24.1 Å². The first-order chi connectivity index (χ1) is 12.5. The maximum atomic E-state index is 10.8. The van der Waals surface area contributed by atoms with E-state index in [2.05, 4.69) is 13.8 Å². The van der Waals surface area contributed by atoms with Gasteiger partial charge in [0.2, 0.25) is 6.79 Å². The highest BCUT2D eigenvalue weighted by atomic mass is 16.7. The third-order valence-corrected chi connectivity index (χ3v) is 5.14. The zero-order chi connectivity index (χ0) is 18.7. The van der Waals surface area contributed by atoms with Crippen LogP contribution in [0.15, 0.2) is 36.4 Å². The van der Waals surface area contributed by atoms with Crippen molar-refractivity contribution in [3.8, 4) is 23.0 Å². The van der Waals surface area contributed by atoms with Crippen LogP contribution in [0, 0.1) is 11.8 Å². The Morgan fingerprint density at radius 3 is 2.42 bits per heavy atom. The summed E-state index contributed by atoms with van der Waals surface area (Å²) in [5, 5.41) is 10.8. The van der Waals surface area contributed by atoms with Crippen LogP contribution in [-0.2, 0) is 6.42 Å². The summed E-state index contributed by atoms with van der Waals surface area (Å²) < 4.78 is 21.4. The van der Waals surface area contributed by atoms with E-state index in [4.69, 9.17) is 18.9 Å². The van der Waals surface area contributed by atoms with Gasteiger partial charge in [0.25, 0.3) is 0 Å². The van der Waals surface area contributed by atoms with Gasteiger partial charge in [-0.1, -0.05) is 26.0 Å². The molecule has 0 saturated heterocycles. The van der Waals surface area contributed by atoms with E-state index in [0.29, 0.717) is 5.75 Å². The van der Waals surface area contributed by atoms with Crippen molar-refractivity contribution in [2.24, 2.45) is 11.8 Å². The minimum Gasteiger partial charge on any atom is -0.493 e. The zero-order valence-electron chi connectivity index (χ0n) is 15.7. The Bertz CT molecular complexity index is 758. The Balaban J connectivity index is 1.70. The van der Waals surface area contributed by atoms with Crippen LogP contribution in [0.1, 0.15) is 31.1 Å². The fraction of sp³-hybridized carbons (Fsp3) is 0.429. The second-order valence-corrected chi connectivity index (χ2v) is 6.79. The Hall–Kier alpha value is -2.40. The maximum absolute atomic E-state index is 10.8. The Kier molecular flexibility index (Phi) is 5.57. The quantitative estimate of drug-likeness (QED) is 0.811. The highest BCUT2D eigenvalue weighted by Gasteiger charge is 2.25. The summed E-state index contributed by atoms with van der Waals surface area (Å²) in [6, 6.07) is 11.6. The number of benzene rings is 2. The number of aliphatic hydroxyl groups excluding tert-OH is 1. The van der Waals surface area contributed by atoms with Crippen molar-refractivity contribution in [3.63, 3.8) is 0 Å². The van der Waals surface area contributed by atoms with Gasteiger partial charge in [-0.25, -0.2) is 0 Å². The predicted molar refractivity (Wildman–Crippen MR) is 99.1 cm³/mol. The lowest BCUT2D eigenvalue weighted by Crippen LogP contribution is -2.19. The van der Waals surface area contributed by atoms with Crippen LogP contribution >= 0.6 is 0 Å². The number of hydrogen-bond donors (Lipinski definition) is 1. The minimum atomic E-state index is -0.570. The normalized spacial score (nSPS) is 16.0. The lowest BCUT2D eigenvalue weighted by atomic mass is 9.83. The number of rotatable bonds is 7. The summed E-state index contributed by atoms with van der Waals surface area (Å²) in [6.45, 7) is 4.46. The molecule has 0 saturated carbocycles. The van der Waals surface area contributed by atoms with Crippen LogP contribution in [0.25, 0.3) is 0 Å². The topological polar surface area (TPSA) is 57.2 Å². The molecule has 1 heterocycles. The van der Waals surface area contributed by atoms with E-state index in [9.17, 15) is 5.11 Å². The highest BCUT2D eigenvalue weighted by Crippen LogP contribution is 2.38. The number of ether oxygens (including phenoxy) is 4. The van der Waals surface area contributed by atoms with Crippen LogP contribution in [-0.4, -0.2) is 26.1 Å². The van der Waals surface area contributed by atoms with E-state index < -0.39 is 6.10 Å². The molecular formula is C21H26O5. The fourth-order valence-corrected chi connectivity index (χ4v) is 3.28. The van der Waals surface area contributed by atoms with E-state index in [-0.39, 0.29) is 18.6 Å². The van der Waals surface area contributed by atoms with Gasteiger partial charge >= 0.3 is 0 Å². The van der Waals surface area contributed by atoms with Crippen LogP contribution in [0.3, 0.4) is 0 Å². The van der Waals surface area contributed by atoms with Crippen molar-refractivity contribution in [3.05, 3.63) is 47.5 Å². The van der Waals surface area contributed by atoms with Crippen LogP contribution in [0.5, 0.6) is 23.0 Å². The van der Waals surface area contributed by atoms with Crippen LogP contribution < -0.4 is 18.9 Å². The van der Waals surface area contributed by atoms with Crippen LogP contribution in [0.4, 0.5) is 0 Å². The molecule has 0 amide bonds. The molecule has 3 rings (SSSR count). The molecule has 5 nitrogen and oxygen atoms in total.